The molecule has 0 atom stereocenters. The zero-order valence-electron chi connectivity index (χ0n) is 14.5. The molecule has 1 aromatic rings. The van der Waals surface area contributed by atoms with Gasteiger partial charge in [0.1, 0.15) is 0 Å². The first-order valence-corrected chi connectivity index (χ1v) is 8.17. The summed E-state index contributed by atoms with van der Waals surface area (Å²) in [6.45, 7) is 8.30. The number of carbonyl (C=O) groups is 2. The Morgan fingerprint density at radius 2 is 1.52 bits per heavy atom. The number of nitrogens with one attached hydrogen (secondary N) is 2. The number of benzene rings is 1. The number of amides is 2. The van der Waals surface area contributed by atoms with Gasteiger partial charge >= 0.3 is 0 Å². The van der Waals surface area contributed by atoms with E-state index in [4.69, 9.17) is 0 Å². The van der Waals surface area contributed by atoms with Crippen molar-refractivity contribution in [1.82, 2.24) is 10.6 Å². The largest absolute Gasteiger partial charge is 0.396 e. The molecule has 0 aliphatic rings. The van der Waals surface area contributed by atoms with Crippen molar-refractivity contribution < 1.29 is 14.7 Å². The van der Waals surface area contributed by atoms with E-state index in [1.54, 1.807) is 24.3 Å². The van der Waals surface area contributed by atoms with E-state index in [-0.39, 0.29) is 29.9 Å². The van der Waals surface area contributed by atoms with Gasteiger partial charge < -0.3 is 15.7 Å². The summed E-state index contributed by atoms with van der Waals surface area (Å²) in [6.07, 6.45) is 1.60. The molecular formula is C18H28N2O3. The third-order valence-electron chi connectivity index (χ3n) is 4.29. The molecule has 5 heteroatoms. The Labute approximate surface area is 138 Å². The molecule has 23 heavy (non-hydrogen) atoms. The second-order valence-corrected chi connectivity index (χ2v) is 6.25. The summed E-state index contributed by atoms with van der Waals surface area (Å²) < 4.78 is 0. The number of aliphatic hydroxyl groups is 1. The number of carbonyl (C=O) groups excluding carboxylic acids is 2. The van der Waals surface area contributed by atoms with Crippen molar-refractivity contribution in [1.29, 1.82) is 0 Å². The highest BCUT2D eigenvalue weighted by molar-refractivity contribution is 5.97. The van der Waals surface area contributed by atoms with Gasteiger partial charge in [0.15, 0.2) is 0 Å². The maximum atomic E-state index is 12.2. The van der Waals surface area contributed by atoms with Crippen LogP contribution in [0.25, 0.3) is 0 Å². The van der Waals surface area contributed by atoms with E-state index in [2.05, 4.69) is 10.6 Å². The topological polar surface area (TPSA) is 78.4 Å². The third kappa shape index (κ3) is 5.36. The van der Waals surface area contributed by atoms with E-state index < -0.39 is 0 Å². The van der Waals surface area contributed by atoms with Crippen molar-refractivity contribution >= 4 is 11.8 Å². The van der Waals surface area contributed by atoms with Crippen LogP contribution >= 0.6 is 0 Å². The van der Waals surface area contributed by atoms with Gasteiger partial charge in [0, 0.05) is 29.1 Å². The molecule has 5 nitrogen and oxygen atoms in total. The molecule has 0 radical (unpaired) electrons. The monoisotopic (exact) mass is 320 g/mol. The van der Waals surface area contributed by atoms with Crippen molar-refractivity contribution in [2.24, 2.45) is 5.41 Å². The molecule has 0 aromatic heterocycles. The van der Waals surface area contributed by atoms with Crippen LogP contribution in [0.15, 0.2) is 24.3 Å². The van der Waals surface area contributed by atoms with Gasteiger partial charge in [-0.3, -0.25) is 9.59 Å². The number of rotatable bonds is 8. The minimum Gasteiger partial charge on any atom is -0.396 e. The molecule has 0 heterocycles. The Kier molecular flexibility index (Phi) is 7.23. The van der Waals surface area contributed by atoms with Gasteiger partial charge in [-0.25, -0.2) is 0 Å². The first-order chi connectivity index (χ1) is 10.9. The van der Waals surface area contributed by atoms with Crippen LogP contribution in [0.3, 0.4) is 0 Å². The van der Waals surface area contributed by atoms with Crippen LogP contribution in [0, 0.1) is 5.41 Å². The number of hydrogen-bond donors (Lipinski definition) is 3. The summed E-state index contributed by atoms with van der Waals surface area (Å²) >= 11 is 0. The summed E-state index contributed by atoms with van der Waals surface area (Å²) in [4.78, 5) is 24.1. The van der Waals surface area contributed by atoms with Crippen molar-refractivity contribution in [3.05, 3.63) is 35.4 Å². The first-order valence-electron chi connectivity index (χ1n) is 8.17. The van der Waals surface area contributed by atoms with E-state index >= 15 is 0 Å². The van der Waals surface area contributed by atoms with Gasteiger partial charge in [0.2, 0.25) is 0 Å². The molecule has 0 aliphatic heterocycles. The highest BCUT2D eigenvalue weighted by Gasteiger charge is 2.25. The van der Waals surface area contributed by atoms with E-state index in [0.717, 1.165) is 12.8 Å². The van der Waals surface area contributed by atoms with Gasteiger partial charge in [-0.2, -0.15) is 0 Å². The Morgan fingerprint density at radius 1 is 1.04 bits per heavy atom. The molecule has 0 unspecified atom stereocenters. The van der Waals surface area contributed by atoms with Gasteiger partial charge in [-0.05, 0) is 51.0 Å². The molecule has 2 amide bonds. The van der Waals surface area contributed by atoms with Crippen LogP contribution in [-0.4, -0.2) is 36.1 Å². The predicted octanol–water partition coefficient (Wildman–Crippen LogP) is 2.35. The summed E-state index contributed by atoms with van der Waals surface area (Å²) in [5, 5.41) is 15.2. The Balaban J connectivity index is 2.69. The molecule has 0 saturated carbocycles. The molecule has 0 saturated heterocycles. The second-order valence-electron chi connectivity index (χ2n) is 6.25. The Morgan fingerprint density at radius 3 is 1.91 bits per heavy atom. The van der Waals surface area contributed by atoms with E-state index in [0.29, 0.717) is 17.7 Å². The highest BCUT2D eigenvalue weighted by atomic mass is 16.3. The summed E-state index contributed by atoms with van der Waals surface area (Å²) in [5.74, 6) is -0.344. The molecule has 0 spiro atoms. The van der Waals surface area contributed by atoms with Crippen LogP contribution in [-0.2, 0) is 0 Å². The van der Waals surface area contributed by atoms with Crippen LogP contribution in [0.5, 0.6) is 0 Å². The quantitative estimate of drug-likeness (QED) is 0.688. The Bertz CT molecular complexity index is 511. The fraction of sp³-hybridized carbons (Fsp3) is 0.556. The van der Waals surface area contributed by atoms with E-state index in [9.17, 15) is 14.7 Å². The maximum Gasteiger partial charge on any atom is 0.251 e. The molecule has 0 bridgehead atoms. The van der Waals surface area contributed by atoms with Gasteiger partial charge in [0.25, 0.3) is 11.8 Å². The maximum absolute atomic E-state index is 12.2. The molecule has 0 fully saturated rings. The third-order valence-corrected chi connectivity index (χ3v) is 4.29. The lowest BCUT2D eigenvalue weighted by molar-refractivity contribution is 0.0849. The fourth-order valence-corrected chi connectivity index (χ4v) is 2.27. The molecule has 1 rings (SSSR count). The van der Waals surface area contributed by atoms with Crippen molar-refractivity contribution in [3.8, 4) is 0 Å². The van der Waals surface area contributed by atoms with Crippen LogP contribution in [0.1, 0.15) is 61.3 Å². The molecule has 128 valence electrons. The average molecular weight is 320 g/mol. The lowest BCUT2D eigenvalue weighted by atomic mass is 9.83. The van der Waals surface area contributed by atoms with Gasteiger partial charge in [-0.15, -0.1) is 0 Å². The highest BCUT2D eigenvalue weighted by Crippen LogP contribution is 2.24. The molecule has 3 N–H and O–H groups in total. The SMILES string of the molecule is CCC(CC)(CO)CNC(=O)c1ccc(C(=O)NC(C)C)cc1. The molecule has 1 aromatic carbocycles. The standard InChI is InChI=1S/C18H28N2O3/c1-5-18(6-2,12-21)11-19-16(22)14-7-9-15(10-8-14)17(23)20-13(3)4/h7-10,13,21H,5-6,11-12H2,1-4H3,(H,19,22)(H,20,23). The van der Waals surface area contributed by atoms with Crippen LogP contribution in [0.2, 0.25) is 0 Å². The van der Waals surface area contributed by atoms with E-state index in [1.807, 2.05) is 27.7 Å². The number of aliphatic hydroxyl groups excluding tert-OH is 1. The van der Waals surface area contributed by atoms with Crippen molar-refractivity contribution in [3.63, 3.8) is 0 Å². The van der Waals surface area contributed by atoms with Crippen molar-refractivity contribution in [2.75, 3.05) is 13.2 Å². The minimum atomic E-state index is -0.271. The second kappa shape index (κ2) is 8.67. The number of hydrogen-bond acceptors (Lipinski definition) is 3. The lowest BCUT2D eigenvalue weighted by Gasteiger charge is -2.29. The minimum absolute atomic E-state index is 0.0502. The fourth-order valence-electron chi connectivity index (χ4n) is 2.27. The normalized spacial score (nSPS) is 11.4. The summed E-state index contributed by atoms with van der Waals surface area (Å²) in [5.41, 5.74) is 0.763. The van der Waals surface area contributed by atoms with Crippen LogP contribution in [0.4, 0.5) is 0 Å². The lowest BCUT2D eigenvalue weighted by Crippen LogP contribution is -2.39. The zero-order valence-corrected chi connectivity index (χ0v) is 14.5. The van der Waals surface area contributed by atoms with Gasteiger partial charge in [-0.1, -0.05) is 13.8 Å². The summed E-state index contributed by atoms with van der Waals surface area (Å²) in [6, 6.07) is 6.64. The predicted molar refractivity (Wildman–Crippen MR) is 91.5 cm³/mol. The smallest absolute Gasteiger partial charge is 0.251 e. The van der Waals surface area contributed by atoms with E-state index in [1.165, 1.54) is 0 Å². The molecular weight excluding hydrogens is 292 g/mol. The van der Waals surface area contributed by atoms with Crippen LogP contribution < -0.4 is 10.6 Å². The average Bonchev–Trinajstić information content (AvgIpc) is 2.56. The summed E-state index contributed by atoms with van der Waals surface area (Å²) in [7, 11) is 0. The van der Waals surface area contributed by atoms with Crippen molar-refractivity contribution in [2.45, 2.75) is 46.6 Å². The zero-order chi connectivity index (χ0) is 17.5. The molecule has 0 aliphatic carbocycles. The Hall–Kier alpha value is -1.88. The first kappa shape index (κ1) is 19.2. The van der Waals surface area contributed by atoms with Gasteiger partial charge in [0.05, 0.1) is 6.61 Å².